The van der Waals surface area contributed by atoms with E-state index in [9.17, 15) is 23.4 Å². The zero-order valence-corrected chi connectivity index (χ0v) is 18.4. The van der Waals surface area contributed by atoms with Crippen LogP contribution in [0.25, 0.3) is 0 Å². The van der Waals surface area contributed by atoms with Gasteiger partial charge in [-0.05, 0) is 29.8 Å². The maximum atomic E-state index is 12.9. The molecule has 3 heterocycles. The standard InChI is InChI=1S/C21H17N5O7S/c1-33-14-4-3-13-10-26(18(28)15(13)8-14)11-21(19(29)23-20(30)24-21)7-6-12-2-5-16(22-9-12)17(27)25-34(31)32/h2-5,8-9H,10-11H2,1H3,(H,25,27)(H,31,32)(H2,23,24,29,30). The summed E-state index contributed by atoms with van der Waals surface area (Å²) in [6, 6.07) is 7.05. The first kappa shape index (κ1) is 22.9. The summed E-state index contributed by atoms with van der Waals surface area (Å²) in [5.74, 6) is 4.08. The van der Waals surface area contributed by atoms with Gasteiger partial charge in [-0.2, -0.15) is 0 Å². The third-order valence-corrected chi connectivity index (χ3v) is 5.52. The van der Waals surface area contributed by atoms with Gasteiger partial charge in [0.05, 0.1) is 13.7 Å². The number of nitrogens with one attached hydrogen (secondary N) is 3. The summed E-state index contributed by atoms with van der Waals surface area (Å²) in [4.78, 5) is 54.5. The molecule has 1 aromatic carbocycles. The quantitative estimate of drug-likeness (QED) is 0.252. The molecule has 174 valence electrons. The van der Waals surface area contributed by atoms with Gasteiger partial charge in [-0.25, -0.2) is 18.7 Å². The van der Waals surface area contributed by atoms with E-state index >= 15 is 0 Å². The lowest BCUT2D eigenvalue weighted by atomic mass is 9.99. The Kier molecular flexibility index (Phi) is 6.01. The van der Waals surface area contributed by atoms with Gasteiger partial charge in [0.1, 0.15) is 11.4 Å². The van der Waals surface area contributed by atoms with Crippen LogP contribution in [0.3, 0.4) is 0 Å². The maximum absolute atomic E-state index is 12.9. The number of amides is 5. The molecule has 0 radical (unpaired) electrons. The Labute approximate surface area is 195 Å². The molecular weight excluding hydrogens is 466 g/mol. The van der Waals surface area contributed by atoms with Crippen LogP contribution in [-0.2, 0) is 22.6 Å². The second kappa shape index (κ2) is 8.93. The molecule has 4 N–H and O–H groups in total. The first-order valence-electron chi connectivity index (χ1n) is 9.71. The molecule has 0 aliphatic carbocycles. The number of nitrogens with zero attached hydrogens (tertiary/aromatic N) is 2. The summed E-state index contributed by atoms with van der Waals surface area (Å²) in [5, 5.41) is 4.64. The van der Waals surface area contributed by atoms with E-state index in [1.54, 1.807) is 22.9 Å². The minimum absolute atomic E-state index is 0.120. The molecule has 12 nitrogen and oxygen atoms in total. The second-order valence-corrected chi connectivity index (χ2v) is 8.06. The van der Waals surface area contributed by atoms with E-state index in [4.69, 9.17) is 9.29 Å². The predicted octanol–water partition coefficient (Wildman–Crippen LogP) is -0.458. The zero-order chi connectivity index (χ0) is 24.5. The van der Waals surface area contributed by atoms with Crippen LogP contribution in [0.2, 0.25) is 0 Å². The molecule has 2 unspecified atom stereocenters. The second-order valence-electron chi connectivity index (χ2n) is 7.36. The van der Waals surface area contributed by atoms with Crippen molar-refractivity contribution in [1.82, 2.24) is 25.2 Å². The Balaban J connectivity index is 1.58. The average molecular weight is 483 g/mol. The Morgan fingerprint density at radius 3 is 2.74 bits per heavy atom. The van der Waals surface area contributed by atoms with Crippen LogP contribution in [0, 0.1) is 11.8 Å². The van der Waals surface area contributed by atoms with Gasteiger partial charge in [0.2, 0.25) is 5.54 Å². The van der Waals surface area contributed by atoms with Crippen molar-refractivity contribution in [3.8, 4) is 17.6 Å². The summed E-state index contributed by atoms with van der Waals surface area (Å²) >= 11 is -2.53. The monoisotopic (exact) mass is 483 g/mol. The third-order valence-electron chi connectivity index (χ3n) is 5.16. The highest BCUT2D eigenvalue weighted by Crippen LogP contribution is 2.28. The number of carbonyl (C=O) groups is 4. The summed E-state index contributed by atoms with van der Waals surface area (Å²) < 4.78 is 26.3. The van der Waals surface area contributed by atoms with Crippen molar-refractivity contribution >= 4 is 35.0 Å². The summed E-state index contributed by atoms with van der Waals surface area (Å²) in [6.07, 6.45) is 1.23. The van der Waals surface area contributed by atoms with Crippen LogP contribution in [0.1, 0.15) is 32.0 Å². The Morgan fingerprint density at radius 1 is 1.32 bits per heavy atom. The number of imide groups is 1. The fraction of sp³-hybridized carbons (Fsp3) is 0.190. The maximum Gasteiger partial charge on any atom is 0.323 e. The Morgan fingerprint density at radius 2 is 2.12 bits per heavy atom. The van der Waals surface area contributed by atoms with Gasteiger partial charge in [-0.3, -0.25) is 24.3 Å². The van der Waals surface area contributed by atoms with Gasteiger partial charge in [0, 0.05) is 23.9 Å². The van der Waals surface area contributed by atoms with E-state index in [0.717, 1.165) is 5.56 Å². The highest BCUT2D eigenvalue weighted by atomic mass is 32.2. The molecule has 0 bridgehead atoms. The number of ether oxygens (including phenoxy) is 1. The number of methoxy groups -OCH3 is 1. The van der Waals surface area contributed by atoms with Crippen LogP contribution in [-0.4, -0.2) is 61.6 Å². The van der Waals surface area contributed by atoms with Crippen molar-refractivity contribution in [2.24, 2.45) is 0 Å². The largest absolute Gasteiger partial charge is 0.497 e. The van der Waals surface area contributed by atoms with Crippen molar-refractivity contribution in [1.29, 1.82) is 0 Å². The topological polar surface area (TPSA) is 167 Å². The molecule has 1 aromatic heterocycles. The molecule has 13 heteroatoms. The summed E-state index contributed by atoms with van der Waals surface area (Å²) in [7, 11) is 1.49. The number of fused-ring (bicyclic) bond motifs is 1. The molecule has 34 heavy (non-hydrogen) atoms. The van der Waals surface area contributed by atoms with Crippen molar-refractivity contribution in [2.45, 2.75) is 12.1 Å². The number of urea groups is 1. The fourth-order valence-electron chi connectivity index (χ4n) is 3.52. The van der Waals surface area contributed by atoms with Crippen LogP contribution >= 0.6 is 0 Å². The number of rotatable bonds is 5. The van der Waals surface area contributed by atoms with Crippen molar-refractivity contribution in [3.63, 3.8) is 0 Å². The van der Waals surface area contributed by atoms with Gasteiger partial charge >= 0.3 is 6.03 Å². The van der Waals surface area contributed by atoms with Crippen LogP contribution in [0.15, 0.2) is 36.5 Å². The zero-order valence-electron chi connectivity index (χ0n) is 17.6. The third kappa shape index (κ3) is 4.45. The number of pyridine rings is 1. The molecular formula is C21H17N5O7S. The van der Waals surface area contributed by atoms with Gasteiger partial charge < -0.3 is 15.0 Å². The van der Waals surface area contributed by atoms with Crippen LogP contribution in [0.4, 0.5) is 4.79 Å². The van der Waals surface area contributed by atoms with E-state index in [-0.39, 0.29) is 24.7 Å². The molecule has 1 fully saturated rings. The number of aromatic nitrogens is 1. The van der Waals surface area contributed by atoms with E-state index < -0.39 is 34.7 Å². The first-order valence-corrected chi connectivity index (χ1v) is 10.8. The lowest BCUT2D eigenvalue weighted by Gasteiger charge is -2.26. The molecule has 2 atom stereocenters. The van der Waals surface area contributed by atoms with Gasteiger partial charge in [0.25, 0.3) is 29.0 Å². The summed E-state index contributed by atoms with van der Waals surface area (Å²) in [5.41, 5.74) is -0.335. The van der Waals surface area contributed by atoms with Crippen molar-refractivity contribution < 1.29 is 32.7 Å². The summed E-state index contributed by atoms with van der Waals surface area (Å²) in [6.45, 7) is 0.0198. The highest BCUT2D eigenvalue weighted by Gasteiger charge is 2.48. The van der Waals surface area contributed by atoms with E-state index in [2.05, 4.69) is 27.5 Å². The molecule has 0 spiro atoms. The molecule has 5 amide bonds. The fourth-order valence-corrected chi connectivity index (χ4v) is 3.79. The number of hydrogen-bond acceptors (Lipinski definition) is 7. The molecule has 2 aromatic rings. The lowest BCUT2D eigenvalue weighted by molar-refractivity contribution is -0.122. The number of hydrogen-bond donors (Lipinski definition) is 4. The van der Waals surface area contributed by atoms with Gasteiger partial charge in [-0.15, -0.1) is 0 Å². The normalized spacial score (nSPS) is 19.5. The molecule has 0 saturated carbocycles. The van der Waals surface area contributed by atoms with Gasteiger partial charge in [-0.1, -0.05) is 17.9 Å². The minimum Gasteiger partial charge on any atom is -0.497 e. The predicted molar refractivity (Wildman–Crippen MR) is 116 cm³/mol. The minimum atomic E-state index is -2.53. The SMILES string of the molecule is COc1ccc2c(c1)C(=O)N(CC1(C#Cc3ccc(C(=O)NS(=O)O)nc3)NC(=O)NC1=O)C2. The number of benzene rings is 1. The van der Waals surface area contributed by atoms with Crippen molar-refractivity contribution in [3.05, 3.63) is 58.9 Å². The molecule has 2 aliphatic rings. The Bertz CT molecular complexity index is 1300. The van der Waals surface area contributed by atoms with E-state index in [1.165, 1.54) is 30.3 Å². The lowest BCUT2D eigenvalue weighted by Crippen LogP contribution is -2.54. The average Bonchev–Trinajstić information content (AvgIpc) is 3.26. The first-order chi connectivity index (χ1) is 16.2. The number of carbonyl (C=O) groups excluding carboxylic acids is 4. The smallest absolute Gasteiger partial charge is 0.323 e. The highest BCUT2D eigenvalue weighted by molar-refractivity contribution is 7.77. The molecule has 1 saturated heterocycles. The molecule has 4 rings (SSSR count). The van der Waals surface area contributed by atoms with Crippen LogP contribution in [0.5, 0.6) is 5.75 Å². The van der Waals surface area contributed by atoms with Crippen molar-refractivity contribution in [2.75, 3.05) is 13.7 Å². The van der Waals surface area contributed by atoms with E-state index in [1.807, 2.05) is 0 Å². The van der Waals surface area contributed by atoms with Gasteiger partial charge in [0.15, 0.2) is 0 Å². The van der Waals surface area contributed by atoms with E-state index in [0.29, 0.717) is 16.9 Å². The molecule has 2 aliphatic heterocycles. The van der Waals surface area contributed by atoms with Crippen LogP contribution < -0.4 is 20.1 Å². The Hall–Kier alpha value is -4.28.